The summed E-state index contributed by atoms with van der Waals surface area (Å²) in [6.45, 7) is 2.00. The van der Waals surface area contributed by atoms with E-state index in [0.29, 0.717) is 6.42 Å². The Morgan fingerprint density at radius 1 is 1.13 bits per heavy atom. The van der Waals surface area contributed by atoms with Gasteiger partial charge < -0.3 is 4.79 Å². The third-order valence-corrected chi connectivity index (χ3v) is 2.63. The maximum Gasteiger partial charge on any atom is 0.120 e. The van der Waals surface area contributed by atoms with Gasteiger partial charge in [-0.1, -0.05) is 49.4 Å². The summed E-state index contributed by atoms with van der Waals surface area (Å²) in [7, 11) is 0. The molecule has 1 nitrogen and oxygen atoms in total. The molecule has 0 aromatic heterocycles. The van der Waals surface area contributed by atoms with E-state index in [1.54, 1.807) is 0 Å². The number of carbonyl (C=O) groups excluding carboxylic acids is 1. The second-order valence-corrected chi connectivity index (χ2v) is 3.71. The van der Waals surface area contributed by atoms with Crippen LogP contribution in [-0.4, -0.2) is 6.29 Å². The van der Waals surface area contributed by atoms with E-state index in [2.05, 4.69) is 30.3 Å². The quantitative estimate of drug-likeness (QED) is 0.689. The van der Waals surface area contributed by atoms with Gasteiger partial charge in [0.15, 0.2) is 0 Å². The summed E-state index contributed by atoms with van der Waals surface area (Å²) >= 11 is 0. The summed E-state index contributed by atoms with van der Waals surface area (Å²) in [6, 6.07) is 14.5. The van der Waals surface area contributed by atoms with Crippen molar-refractivity contribution in [1.82, 2.24) is 0 Å². The Morgan fingerprint density at radius 2 is 1.87 bits per heavy atom. The van der Waals surface area contributed by atoms with Gasteiger partial charge in [-0.25, -0.2) is 0 Å². The maximum absolute atomic E-state index is 10.4. The average Bonchev–Trinajstić information content (AvgIpc) is 2.29. The molecule has 2 aromatic rings. The lowest BCUT2D eigenvalue weighted by atomic mass is 9.96. The van der Waals surface area contributed by atoms with Gasteiger partial charge in [0.2, 0.25) is 0 Å². The van der Waals surface area contributed by atoms with E-state index < -0.39 is 0 Å². The van der Waals surface area contributed by atoms with Crippen molar-refractivity contribution in [2.75, 3.05) is 0 Å². The predicted molar refractivity (Wildman–Crippen MR) is 62.6 cm³/mol. The summed E-state index contributed by atoms with van der Waals surface area (Å²) in [4.78, 5) is 10.4. The fourth-order valence-electron chi connectivity index (χ4n) is 1.70. The molecule has 2 aromatic carbocycles. The van der Waals surface area contributed by atoms with Crippen LogP contribution in [0.3, 0.4) is 0 Å². The van der Waals surface area contributed by atoms with Gasteiger partial charge in [-0.05, 0) is 16.3 Å². The Balaban J connectivity index is 2.42. The molecule has 0 spiro atoms. The van der Waals surface area contributed by atoms with Crippen LogP contribution in [0.5, 0.6) is 0 Å². The molecule has 0 aliphatic carbocycles. The lowest BCUT2D eigenvalue weighted by molar-refractivity contribution is -0.107. The van der Waals surface area contributed by atoms with Crippen LogP contribution >= 0.6 is 0 Å². The van der Waals surface area contributed by atoms with Gasteiger partial charge in [0.05, 0.1) is 0 Å². The minimum atomic E-state index is 0.512. The molecule has 0 heterocycles. The third kappa shape index (κ3) is 2.07. The highest BCUT2D eigenvalue weighted by molar-refractivity contribution is 5.83. The molecule has 0 saturated heterocycles. The number of hydrogen-bond acceptors (Lipinski definition) is 1. The minimum Gasteiger partial charge on any atom is -0.303 e. The van der Waals surface area contributed by atoms with E-state index in [0.717, 1.165) is 17.8 Å². The maximum atomic E-state index is 10.4. The first-order chi connectivity index (χ1) is 7.31. The van der Waals surface area contributed by atoms with E-state index in [9.17, 15) is 4.79 Å². The van der Waals surface area contributed by atoms with Gasteiger partial charge in [-0.2, -0.15) is 0 Å². The molecule has 1 heteroatoms. The van der Waals surface area contributed by atoms with Crippen molar-refractivity contribution >= 4 is 17.1 Å². The molecule has 0 N–H and O–H groups in total. The zero-order valence-corrected chi connectivity index (χ0v) is 8.73. The summed E-state index contributed by atoms with van der Waals surface area (Å²) in [5, 5.41) is 2.46. The lowest BCUT2D eigenvalue weighted by Crippen LogP contribution is -1.94. The Morgan fingerprint density at radius 3 is 2.60 bits per heavy atom. The van der Waals surface area contributed by atoms with Crippen molar-refractivity contribution in [3.05, 3.63) is 53.9 Å². The largest absolute Gasteiger partial charge is 0.303 e. The van der Waals surface area contributed by atoms with Gasteiger partial charge in [0.1, 0.15) is 6.29 Å². The molecule has 0 amide bonds. The number of aldehydes is 1. The van der Waals surface area contributed by atoms with Crippen LogP contribution in [0.25, 0.3) is 10.8 Å². The van der Waals surface area contributed by atoms with Crippen LogP contribution in [0.1, 0.15) is 18.9 Å². The zero-order chi connectivity index (χ0) is 10.7. The molecule has 0 bridgehead atoms. The number of benzene rings is 2. The third-order valence-electron chi connectivity index (χ3n) is 2.63. The van der Waals surface area contributed by atoms with E-state index >= 15 is 0 Å². The van der Waals surface area contributed by atoms with Crippen LogP contribution in [0.15, 0.2) is 42.5 Å². The Bertz CT molecular complexity index is 473. The number of carbonyl (C=O) groups is 1. The van der Waals surface area contributed by atoms with E-state index in [4.69, 9.17) is 0 Å². The molecule has 0 aliphatic heterocycles. The van der Waals surface area contributed by atoms with Crippen LogP contribution in [0, 0.1) is 5.92 Å². The molecule has 0 saturated carbocycles. The number of rotatable bonds is 3. The number of fused-ring (bicyclic) bond motifs is 1. The Kier molecular flexibility index (Phi) is 2.82. The molecule has 15 heavy (non-hydrogen) atoms. The second-order valence-electron chi connectivity index (χ2n) is 3.71. The molecule has 0 fully saturated rings. The summed E-state index contributed by atoms with van der Waals surface area (Å²) < 4.78 is 0. The molecule has 2 rings (SSSR count). The number of hydrogen-bond donors (Lipinski definition) is 0. The summed E-state index contributed by atoms with van der Waals surface area (Å²) in [6.07, 6.45) is 1.46. The highest BCUT2D eigenvalue weighted by Crippen LogP contribution is 2.22. The SMILES string of the molecule is C[C](CC=O)c1ccc2ccccc2c1. The van der Waals surface area contributed by atoms with E-state index in [1.165, 1.54) is 10.8 Å². The molecule has 0 atom stereocenters. The lowest BCUT2D eigenvalue weighted by Gasteiger charge is -2.08. The van der Waals surface area contributed by atoms with Crippen LogP contribution < -0.4 is 0 Å². The van der Waals surface area contributed by atoms with E-state index in [1.807, 2.05) is 19.1 Å². The van der Waals surface area contributed by atoms with Gasteiger partial charge >= 0.3 is 0 Å². The van der Waals surface area contributed by atoms with Crippen molar-refractivity contribution in [3.63, 3.8) is 0 Å². The minimum absolute atomic E-state index is 0.512. The van der Waals surface area contributed by atoms with Crippen molar-refractivity contribution in [2.45, 2.75) is 13.3 Å². The zero-order valence-electron chi connectivity index (χ0n) is 8.73. The highest BCUT2D eigenvalue weighted by atomic mass is 16.1. The predicted octanol–water partition coefficient (Wildman–Crippen LogP) is 3.37. The average molecular weight is 197 g/mol. The molecule has 0 aliphatic rings. The summed E-state index contributed by atoms with van der Waals surface area (Å²) in [5.41, 5.74) is 1.15. The monoisotopic (exact) mass is 197 g/mol. The van der Waals surface area contributed by atoms with Crippen molar-refractivity contribution in [2.24, 2.45) is 0 Å². The summed E-state index contributed by atoms with van der Waals surface area (Å²) in [5.74, 6) is 1.12. The smallest absolute Gasteiger partial charge is 0.120 e. The van der Waals surface area contributed by atoms with Crippen molar-refractivity contribution < 1.29 is 4.79 Å². The van der Waals surface area contributed by atoms with Gasteiger partial charge in [-0.3, -0.25) is 0 Å². The molecular weight excluding hydrogens is 184 g/mol. The fourth-order valence-corrected chi connectivity index (χ4v) is 1.70. The fraction of sp³-hybridized carbons (Fsp3) is 0.143. The second kappa shape index (κ2) is 4.26. The van der Waals surface area contributed by atoms with Crippen LogP contribution in [0.4, 0.5) is 0 Å². The van der Waals surface area contributed by atoms with Gasteiger partial charge in [0.25, 0.3) is 0 Å². The highest BCUT2D eigenvalue weighted by Gasteiger charge is 2.05. The van der Waals surface area contributed by atoms with Crippen LogP contribution in [0.2, 0.25) is 0 Å². The van der Waals surface area contributed by atoms with Gasteiger partial charge in [0, 0.05) is 12.3 Å². The first-order valence-electron chi connectivity index (χ1n) is 5.06. The van der Waals surface area contributed by atoms with Crippen molar-refractivity contribution in [1.29, 1.82) is 0 Å². The molecule has 0 unspecified atom stereocenters. The van der Waals surface area contributed by atoms with Gasteiger partial charge in [-0.15, -0.1) is 0 Å². The standard InChI is InChI=1S/C14H13O/c1-11(8-9-15)13-7-6-12-4-2-3-5-14(12)10-13/h2-7,9-10H,8H2,1H3. The topological polar surface area (TPSA) is 17.1 Å². The van der Waals surface area contributed by atoms with Crippen molar-refractivity contribution in [3.8, 4) is 0 Å². The molecule has 1 radical (unpaired) electrons. The first-order valence-corrected chi connectivity index (χ1v) is 5.06. The Labute approximate surface area is 89.7 Å². The Hall–Kier alpha value is -1.63. The van der Waals surface area contributed by atoms with Crippen LogP contribution in [-0.2, 0) is 4.79 Å². The molecular formula is C14H13O. The normalized spacial score (nSPS) is 10.8. The first kappa shape index (κ1) is 9.91. The van der Waals surface area contributed by atoms with E-state index in [-0.39, 0.29) is 0 Å². The molecule has 75 valence electrons.